The Morgan fingerprint density at radius 3 is 2.88 bits per heavy atom. The molecular weight excluding hydrogens is 248 g/mol. The Morgan fingerprint density at radius 2 is 2.29 bits per heavy atom. The Hall–Kier alpha value is -1.30. The molecule has 1 aliphatic heterocycles. The molecule has 0 aromatic carbocycles. The molecule has 1 saturated heterocycles. The molecule has 0 unspecified atom stereocenters. The van der Waals surface area contributed by atoms with Crippen LogP contribution < -0.4 is 5.32 Å². The Labute approximate surface area is 104 Å². The lowest BCUT2D eigenvalue weighted by Crippen LogP contribution is -2.58. The van der Waals surface area contributed by atoms with Gasteiger partial charge < -0.3 is 15.0 Å². The summed E-state index contributed by atoms with van der Waals surface area (Å²) < 4.78 is 4.76. The van der Waals surface area contributed by atoms with E-state index in [9.17, 15) is 14.4 Å². The number of hydrogen-bond acceptors (Lipinski definition) is 4. The van der Waals surface area contributed by atoms with Crippen LogP contribution in [0.4, 0.5) is 0 Å². The number of piperazine rings is 1. The molecule has 7 heteroatoms. The minimum Gasteiger partial charge on any atom is -0.466 e. The molecule has 0 aromatic rings. The van der Waals surface area contributed by atoms with Crippen LogP contribution in [0.25, 0.3) is 0 Å². The smallest absolute Gasteiger partial charge is 0.308 e. The van der Waals surface area contributed by atoms with Gasteiger partial charge in [0.2, 0.25) is 11.8 Å². The monoisotopic (exact) mass is 262 g/mol. The molecule has 96 valence electrons. The van der Waals surface area contributed by atoms with E-state index in [1.165, 1.54) is 4.90 Å². The number of nitrogens with zero attached hydrogens (tertiary/aromatic N) is 1. The van der Waals surface area contributed by atoms with E-state index in [2.05, 4.69) is 5.32 Å². The van der Waals surface area contributed by atoms with Crippen molar-refractivity contribution < 1.29 is 19.1 Å². The van der Waals surface area contributed by atoms with E-state index >= 15 is 0 Å². The van der Waals surface area contributed by atoms with Gasteiger partial charge in [-0.2, -0.15) is 0 Å². The summed E-state index contributed by atoms with van der Waals surface area (Å²) in [5.41, 5.74) is 0. The first kappa shape index (κ1) is 13.8. The number of ether oxygens (including phenoxy) is 1. The van der Waals surface area contributed by atoms with Crippen LogP contribution in [-0.4, -0.2) is 54.3 Å². The van der Waals surface area contributed by atoms with Crippen LogP contribution in [0, 0.1) is 0 Å². The molecule has 1 aliphatic rings. The van der Waals surface area contributed by atoms with E-state index in [1.807, 2.05) is 0 Å². The minimum atomic E-state index is -0.811. The van der Waals surface area contributed by atoms with Crippen molar-refractivity contribution in [2.24, 2.45) is 0 Å². The predicted molar refractivity (Wildman–Crippen MR) is 60.5 cm³/mol. The van der Waals surface area contributed by atoms with Crippen LogP contribution in [0.3, 0.4) is 0 Å². The summed E-state index contributed by atoms with van der Waals surface area (Å²) in [4.78, 5) is 35.8. The SMILES string of the molecule is CCOC(=O)C[C@H]1C(=O)NCCN1C(=O)CCl. The molecule has 0 spiro atoms. The number of carbonyl (C=O) groups is 3. The first-order chi connectivity index (χ1) is 8.10. The number of alkyl halides is 1. The standard InChI is InChI=1S/C10H15ClN2O4/c1-2-17-9(15)5-7-10(16)12-3-4-13(7)8(14)6-11/h7H,2-6H2,1H3,(H,12,16)/t7-/m0/s1. The average Bonchev–Trinajstić information content (AvgIpc) is 2.31. The fourth-order valence-electron chi connectivity index (χ4n) is 1.67. The topological polar surface area (TPSA) is 75.7 Å². The molecule has 0 saturated carbocycles. The number of hydrogen-bond donors (Lipinski definition) is 1. The van der Waals surface area contributed by atoms with Crippen molar-refractivity contribution in [1.82, 2.24) is 10.2 Å². The number of amides is 2. The molecule has 0 bridgehead atoms. The zero-order chi connectivity index (χ0) is 12.8. The Morgan fingerprint density at radius 1 is 1.59 bits per heavy atom. The molecule has 6 nitrogen and oxygen atoms in total. The normalized spacial score (nSPS) is 19.8. The third-order valence-corrected chi connectivity index (χ3v) is 2.66. The second-order valence-electron chi connectivity index (χ2n) is 3.54. The molecule has 1 N–H and O–H groups in total. The lowest BCUT2D eigenvalue weighted by atomic mass is 10.1. The third-order valence-electron chi connectivity index (χ3n) is 2.43. The maximum atomic E-state index is 11.6. The number of carbonyl (C=O) groups excluding carboxylic acids is 3. The van der Waals surface area contributed by atoms with Gasteiger partial charge >= 0.3 is 5.97 Å². The van der Waals surface area contributed by atoms with Crippen molar-refractivity contribution >= 4 is 29.4 Å². The number of esters is 1. The van der Waals surface area contributed by atoms with Gasteiger partial charge in [0.15, 0.2) is 0 Å². The van der Waals surface area contributed by atoms with Gasteiger partial charge in [-0.25, -0.2) is 0 Å². The van der Waals surface area contributed by atoms with Gasteiger partial charge in [0.1, 0.15) is 11.9 Å². The fourth-order valence-corrected chi connectivity index (χ4v) is 1.82. The third kappa shape index (κ3) is 3.59. The van der Waals surface area contributed by atoms with Gasteiger partial charge in [0, 0.05) is 13.1 Å². The van der Waals surface area contributed by atoms with Gasteiger partial charge in [-0.15, -0.1) is 11.6 Å². The molecule has 1 fully saturated rings. The summed E-state index contributed by atoms with van der Waals surface area (Å²) in [6.45, 7) is 2.67. The predicted octanol–water partition coefficient (Wildman–Crippen LogP) is -0.495. The largest absolute Gasteiger partial charge is 0.466 e. The van der Waals surface area contributed by atoms with Gasteiger partial charge in [-0.1, -0.05) is 0 Å². The maximum absolute atomic E-state index is 11.6. The summed E-state index contributed by atoms with van der Waals surface area (Å²) in [5, 5.41) is 2.60. The Balaban J connectivity index is 2.70. The molecule has 2 amide bonds. The van der Waals surface area contributed by atoms with Crippen LogP contribution >= 0.6 is 11.6 Å². The first-order valence-electron chi connectivity index (χ1n) is 5.39. The second-order valence-corrected chi connectivity index (χ2v) is 3.80. The van der Waals surface area contributed by atoms with E-state index in [-0.39, 0.29) is 30.7 Å². The van der Waals surface area contributed by atoms with Gasteiger partial charge in [0.05, 0.1) is 13.0 Å². The zero-order valence-corrected chi connectivity index (χ0v) is 10.3. The quantitative estimate of drug-likeness (QED) is 0.548. The van der Waals surface area contributed by atoms with Crippen molar-refractivity contribution in [3.63, 3.8) is 0 Å². The van der Waals surface area contributed by atoms with Crippen molar-refractivity contribution in [1.29, 1.82) is 0 Å². The first-order valence-corrected chi connectivity index (χ1v) is 5.92. The minimum absolute atomic E-state index is 0.137. The Bertz CT molecular complexity index is 321. The van der Waals surface area contributed by atoms with Crippen molar-refractivity contribution in [3.05, 3.63) is 0 Å². The summed E-state index contributed by atoms with van der Waals surface area (Å²) in [7, 11) is 0. The highest BCUT2D eigenvalue weighted by molar-refractivity contribution is 6.27. The van der Waals surface area contributed by atoms with Gasteiger partial charge in [-0.05, 0) is 6.92 Å². The van der Waals surface area contributed by atoms with Crippen LogP contribution in [0.5, 0.6) is 0 Å². The highest BCUT2D eigenvalue weighted by Gasteiger charge is 2.34. The van der Waals surface area contributed by atoms with Crippen molar-refractivity contribution in [3.8, 4) is 0 Å². The van der Waals surface area contributed by atoms with Crippen LogP contribution in [-0.2, 0) is 19.1 Å². The summed E-state index contributed by atoms with van der Waals surface area (Å²) in [6, 6.07) is -0.811. The summed E-state index contributed by atoms with van der Waals surface area (Å²) >= 11 is 5.46. The zero-order valence-electron chi connectivity index (χ0n) is 9.57. The van der Waals surface area contributed by atoms with E-state index in [1.54, 1.807) is 6.92 Å². The van der Waals surface area contributed by atoms with E-state index in [4.69, 9.17) is 16.3 Å². The highest BCUT2D eigenvalue weighted by Crippen LogP contribution is 2.10. The van der Waals surface area contributed by atoms with Crippen molar-refractivity contribution in [2.75, 3.05) is 25.6 Å². The molecule has 0 aromatic heterocycles. The van der Waals surface area contributed by atoms with Crippen LogP contribution in [0.15, 0.2) is 0 Å². The van der Waals surface area contributed by atoms with Crippen molar-refractivity contribution in [2.45, 2.75) is 19.4 Å². The molecule has 1 rings (SSSR count). The second kappa shape index (κ2) is 6.44. The van der Waals surface area contributed by atoms with E-state index in [0.717, 1.165) is 0 Å². The lowest BCUT2D eigenvalue weighted by Gasteiger charge is -2.34. The fraction of sp³-hybridized carbons (Fsp3) is 0.700. The van der Waals surface area contributed by atoms with Crippen LogP contribution in [0.2, 0.25) is 0 Å². The molecule has 17 heavy (non-hydrogen) atoms. The molecule has 0 aliphatic carbocycles. The number of rotatable bonds is 4. The molecular formula is C10H15ClN2O4. The van der Waals surface area contributed by atoms with Gasteiger partial charge in [-0.3, -0.25) is 14.4 Å². The van der Waals surface area contributed by atoms with E-state index < -0.39 is 12.0 Å². The maximum Gasteiger partial charge on any atom is 0.308 e. The molecule has 1 heterocycles. The summed E-state index contributed by atoms with van der Waals surface area (Å²) in [6.07, 6.45) is -0.137. The molecule has 1 atom stereocenters. The van der Waals surface area contributed by atoms with Crippen LogP contribution in [0.1, 0.15) is 13.3 Å². The van der Waals surface area contributed by atoms with E-state index in [0.29, 0.717) is 13.1 Å². The average molecular weight is 263 g/mol. The highest BCUT2D eigenvalue weighted by atomic mass is 35.5. The number of nitrogens with one attached hydrogen (secondary N) is 1. The lowest BCUT2D eigenvalue weighted by molar-refractivity contribution is -0.150. The summed E-state index contributed by atoms with van der Waals surface area (Å²) in [5.74, 6) is -1.40. The molecule has 0 radical (unpaired) electrons. The number of halogens is 1. The Kier molecular flexibility index (Phi) is 5.21. The van der Waals surface area contributed by atoms with Gasteiger partial charge in [0.25, 0.3) is 0 Å².